The van der Waals surface area contributed by atoms with E-state index in [1.54, 1.807) is 60.7 Å². The number of carbonyl (C=O) groups is 3. The highest BCUT2D eigenvalue weighted by Crippen LogP contribution is 2.28. The maximum absolute atomic E-state index is 13.4. The highest BCUT2D eigenvalue weighted by Gasteiger charge is 2.43. The minimum Gasteiger partial charge on any atom is -0.425 e. The number of hydrogen-bond acceptors (Lipinski definition) is 5. The molecule has 1 heterocycles. The van der Waals surface area contributed by atoms with Crippen LogP contribution in [-0.2, 0) is 11.2 Å². The van der Waals surface area contributed by atoms with Crippen molar-refractivity contribution in [3.05, 3.63) is 125 Å². The highest BCUT2D eigenvalue weighted by atomic mass is 16.5. The molecule has 4 aromatic rings. The highest BCUT2D eigenvalue weighted by molar-refractivity contribution is 6.22. The average Bonchev–Trinajstić information content (AvgIpc) is 3.18. The molecule has 0 spiro atoms. The Bertz CT molecular complexity index is 1450. The molecule has 1 atom stereocenters. The Kier molecular flexibility index (Phi) is 6.12. The first kappa shape index (κ1) is 22.8. The summed E-state index contributed by atoms with van der Waals surface area (Å²) < 4.78 is 5.66. The van der Waals surface area contributed by atoms with Crippen LogP contribution in [-0.4, -0.2) is 28.7 Å². The van der Waals surface area contributed by atoms with Gasteiger partial charge in [0.25, 0.3) is 11.8 Å². The fraction of sp³-hybridized carbons (Fsp3) is 0.0667. The van der Waals surface area contributed by atoms with Crippen molar-refractivity contribution in [3.8, 4) is 22.9 Å². The van der Waals surface area contributed by atoms with Crippen LogP contribution in [0.2, 0.25) is 0 Å². The number of benzene rings is 4. The molecule has 6 nitrogen and oxygen atoms in total. The zero-order valence-electron chi connectivity index (χ0n) is 19.1. The summed E-state index contributed by atoms with van der Waals surface area (Å²) in [5.41, 5.74) is 3.73. The molecule has 0 saturated carbocycles. The van der Waals surface area contributed by atoms with E-state index in [0.717, 1.165) is 21.6 Å². The first-order chi connectivity index (χ1) is 17.5. The number of esters is 1. The van der Waals surface area contributed by atoms with Crippen LogP contribution >= 0.6 is 0 Å². The van der Waals surface area contributed by atoms with Crippen LogP contribution in [0.15, 0.2) is 103 Å². The third-order valence-corrected chi connectivity index (χ3v) is 6.10. The molecule has 0 aromatic heterocycles. The molecule has 6 heteroatoms. The lowest BCUT2D eigenvalue weighted by Gasteiger charge is -2.24. The fourth-order valence-corrected chi connectivity index (χ4v) is 4.25. The number of fused-ring (bicyclic) bond motifs is 1. The van der Waals surface area contributed by atoms with E-state index in [0.29, 0.717) is 11.3 Å². The molecule has 5 rings (SSSR count). The van der Waals surface area contributed by atoms with Crippen molar-refractivity contribution < 1.29 is 19.1 Å². The second-order valence-electron chi connectivity index (χ2n) is 8.37. The van der Waals surface area contributed by atoms with E-state index >= 15 is 0 Å². The fourth-order valence-electron chi connectivity index (χ4n) is 4.25. The van der Waals surface area contributed by atoms with Crippen molar-refractivity contribution in [3.63, 3.8) is 0 Å². The first-order valence-corrected chi connectivity index (χ1v) is 11.4. The van der Waals surface area contributed by atoms with Gasteiger partial charge in [-0.15, -0.1) is 0 Å². The topological polar surface area (TPSA) is 87.5 Å². The molecule has 36 heavy (non-hydrogen) atoms. The van der Waals surface area contributed by atoms with Gasteiger partial charge in [-0.05, 0) is 53.1 Å². The number of nitriles is 1. The van der Waals surface area contributed by atoms with E-state index in [4.69, 9.17) is 10.00 Å². The lowest BCUT2D eigenvalue weighted by Crippen LogP contribution is -2.48. The van der Waals surface area contributed by atoms with Crippen LogP contribution < -0.4 is 4.74 Å². The molecule has 1 aliphatic rings. The Hall–Kier alpha value is -5.02. The van der Waals surface area contributed by atoms with E-state index in [1.807, 2.05) is 42.5 Å². The van der Waals surface area contributed by atoms with Crippen LogP contribution in [0.1, 0.15) is 31.8 Å². The molecule has 174 valence electrons. The zero-order valence-corrected chi connectivity index (χ0v) is 19.1. The number of rotatable bonds is 6. The summed E-state index contributed by atoms with van der Waals surface area (Å²) in [6.07, 6.45) is 0.133. The largest absolute Gasteiger partial charge is 0.425 e. The van der Waals surface area contributed by atoms with Gasteiger partial charge < -0.3 is 4.74 Å². The number of nitrogens with zero attached hydrogens (tertiary/aromatic N) is 2. The van der Waals surface area contributed by atoms with Crippen LogP contribution in [0, 0.1) is 11.3 Å². The number of amides is 2. The molecule has 1 unspecified atom stereocenters. The Morgan fingerprint density at radius 1 is 0.750 bits per heavy atom. The van der Waals surface area contributed by atoms with Gasteiger partial charge in [-0.3, -0.25) is 14.5 Å². The minimum absolute atomic E-state index is 0.133. The third kappa shape index (κ3) is 4.38. The van der Waals surface area contributed by atoms with Crippen LogP contribution in [0.25, 0.3) is 11.1 Å². The van der Waals surface area contributed by atoms with Crippen molar-refractivity contribution >= 4 is 17.8 Å². The molecule has 0 bridgehead atoms. The van der Waals surface area contributed by atoms with E-state index in [-0.39, 0.29) is 17.5 Å². The van der Waals surface area contributed by atoms with Crippen molar-refractivity contribution in [2.45, 2.75) is 12.5 Å². The number of carbonyl (C=O) groups excluding carboxylic acids is 3. The summed E-state index contributed by atoms with van der Waals surface area (Å²) in [5.74, 6) is -1.42. The number of imide groups is 1. The maximum Gasteiger partial charge on any atom is 0.335 e. The molecule has 0 radical (unpaired) electrons. The Labute approximate surface area is 208 Å². The molecule has 2 amide bonds. The Morgan fingerprint density at radius 2 is 1.28 bits per heavy atom. The Balaban J connectivity index is 1.40. The van der Waals surface area contributed by atoms with Crippen LogP contribution in [0.4, 0.5) is 0 Å². The molecule has 0 saturated heterocycles. The normalized spacial score (nSPS) is 13.1. The SMILES string of the molecule is N#Cc1ccc(-c2ccc(OC(=O)C(Cc3ccccc3)N3C(=O)c4ccccc4C3=O)cc2)cc1. The number of ether oxygens (including phenoxy) is 1. The van der Waals surface area contributed by atoms with Crippen molar-refractivity contribution in [1.29, 1.82) is 5.26 Å². The van der Waals surface area contributed by atoms with Gasteiger partial charge in [0, 0.05) is 6.42 Å². The average molecular weight is 473 g/mol. The first-order valence-electron chi connectivity index (χ1n) is 11.4. The smallest absolute Gasteiger partial charge is 0.335 e. The lowest BCUT2D eigenvalue weighted by atomic mass is 10.0. The van der Waals surface area contributed by atoms with Crippen LogP contribution in [0.3, 0.4) is 0 Å². The van der Waals surface area contributed by atoms with E-state index in [2.05, 4.69) is 6.07 Å². The predicted molar refractivity (Wildman–Crippen MR) is 133 cm³/mol. The standard InChI is InChI=1S/C30H20N2O4/c31-19-21-10-12-22(13-11-21)23-14-16-24(17-15-23)36-30(35)27(18-20-6-2-1-3-7-20)32-28(33)25-8-4-5-9-26(25)29(32)34/h1-17,27H,18H2. The second-order valence-corrected chi connectivity index (χ2v) is 8.37. The van der Waals surface area contributed by atoms with Crippen molar-refractivity contribution in [2.24, 2.45) is 0 Å². The maximum atomic E-state index is 13.4. The summed E-state index contributed by atoms with van der Waals surface area (Å²) in [5, 5.41) is 8.98. The van der Waals surface area contributed by atoms with Crippen LogP contribution in [0.5, 0.6) is 5.75 Å². The zero-order chi connectivity index (χ0) is 25.1. The van der Waals surface area contributed by atoms with E-state index in [9.17, 15) is 14.4 Å². The molecular weight excluding hydrogens is 452 g/mol. The Morgan fingerprint density at radius 3 is 1.83 bits per heavy atom. The van der Waals surface area contributed by atoms with Gasteiger partial charge in [0.2, 0.25) is 0 Å². The van der Waals surface area contributed by atoms with Gasteiger partial charge in [0.15, 0.2) is 0 Å². The van der Waals surface area contributed by atoms with E-state index in [1.165, 1.54) is 0 Å². The van der Waals surface area contributed by atoms with Gasteiger partial charge in [-0.25, -0.2) is 4.79 Å². The molecule has 0 aliphatic carbocycles. The van der Waals surface area contributed by atoms with Gasteiger partial charge in [-0.1, -0.05) is 66.7 Å². The summed E-state index contributed by atoms with van der Waals surface area (Å²) >= 11 is 0. The second kappa shape index (κ2) is 9.69. The summed E-state index contributed by atoms with van der Waals surface area (Å²) in [4.78, 5) is 40.6. The third-order valence-electron chi connectivity index (χ3n) is 6.10. The van der Waals surface area contributed by atoms with Gasteiger partial charge >= 0.3 is 5.97 Å². The lowest BCUT2D eigenvalue weighted by molar-refractivity contribution is -0.138. The monoisotopic (exact) mass is 472 g/mol. The van der Waals surface area contributed by atoms with Gasteiger partial charge in [-0.2, -0.15) is 5.26 Å². The van der Waals surface area contributed by atoms with Gasteiger partial charge in [0.1, 0.15) is 11.8 Å². The van der Waals surface area contributed by atoms with E-state index < -0.39 is 23.8 Å². The molecular formula is C30H20N2O4. The summed E-state index contributed by atoms with van der Waals surface area (Å²) in [6, 6.07) is 30.8. The quantitative estimate of drug-likeness (QED) is 0.223. The predicted octanol–water partition coefficient (Wildman–Crippen LogP) is 5.04. The minimum atomic E-state index is -1.13. The summed E-state index contributed by atoms with van der Waals surface area (Å²) in [6.45, 7) is 0. The molecule has 4 aromatic carbocycles. The van der Waals surface area contributed by atoms with Crippen molar-refractivity contribution in [2.75, 3.05) is 0 Å². The van der Waals surface area contributed by atoms with Crippen molar-refractivity contribution in [1.82, 2.24) is 4.90 Å². The molecule has 0 fully saturated rings. The molecule has 1 aliphatic heterocycles. The summed E-state index contributed by atoms with van der Waals surface area (Å²) in [7, 11) is 0. The number of hydrogen-bond donors (Lipinski definition) is 0. The van der Waals surface area contributed by atoms with Gasteiger partial charge in [0.05, 0.1) is 22.8 Å². The molecule has 0 N–H and O–H groups in total.